The summed E-state index contributed by atoms with van der Waals surface area (Å²) in [6.45, 7) is 6.77. The Bertz CT molecular complexity index is 1860. The molecule has 0 unspecified atom stereocenters. The minimum Gasteiger partial charge on any atom is -0.487 e. The van der Waals surface area contributed by atoms with Gasteiger partial charge in [-0.3, -0.25) is 4.90 Å². The molecule has 1 aliphatic heterocycles. The first kappa shape index (κ1) is 31.7. The zero-order valence-electron chi connectivity index (χ0n) is 25.8. The van der Waals surface area contributed by atoms with Crippen molar-refractivity contribution in [1.29, 1.82) is 0 Å². The van der Waals surface area contributed by atoms with Crippen molar-refractivity contribution in [2.45, 2.75) is 58.9 Å². The van der Waals surface area contributed by atoms with Crippen molar-refractivity contribution in [3.8, 4) is 5.75 Å². The number of halogens is 3. The van der Waals surface area contributed by atoms with Crippen molar-refractivity contribution in [3.63, 3.8) is 0 Å². The zero-order chi connectivity index (χ0) is 32.4. The standard InChI is InChI=1S/C35H36ClF2N5O3/c1-3-42-22-39-18-28(42)19-43-31-17-25(34(44)45)8-9-30(31)40-33(43)20-41-13-11-26(12-14-41)35(37,38)27-6-4-5-24(16-27)21-46-32-10-7-23(2)15-29(32)36/h4-10,15-18,22,26H,3,11-14,19-21H2,1-2H3,(H,44,45). The van der Waals surface area contributed by atoms with Gasteiger partial charge in [0.1, 0.15) is 18.2 Å². The molecule has 8 nitrogen and oxygen atoms in total. The Morgan fingerprint density at radius 2 is 1.89 bits per heavy atom. The normalized spacial score (nSPS) is 14.6. The number of imidazole rings is 2. The summed E-state index contributed by atoms with van der Waals surface area (Å²) in [6, 6.07) is 16.8. The van der Waals surface area contributed by atoms with Gasteiger partial charge in [0.2, 0.25) is 0 Å². The number of piperidine rings is 1. The molecule has 0 amide bonds. The summed E-state index contributed by atoms with van der Waals surface area (Å²) < 4.78 is 41.6. The highest BCUT2D eigenvalue weighted by Gasteiger charge is 2.42. The Labute approximate surface area is 271 Å². The van der Waals surface area contributed by atoms with Crippen molar-refractivity contribution in [1.82, 2.24) is 24.0 Å². The number of carboxylic acid groups (broad SMARTS) is 1. The lowest BCUT2D eigenvalue weighted by Gasteiger charge is -2.36. The molecule has 0 spiro atoms. The van der Waals surface area contributed by atoms with Gasteiger partial charge in [-0.1, -0.05) is 35.9 Å². The molecule has 2 aromatic heterocycles. The van der Waals surface area contributed by atoms with Crippen LogP contribution in [-0.2, 0) is 32.2 Å². The fourth-order valence-corrected chi connectivity index (χ4v) is 6.46. The maximum atomic E-state index is 15.9. The predicted octanol–water partition coefficient (Wildman–Crippen LogP) is 7.54. The van der Waals surface area contributed by atoms with Gasteiger partial charge in [-0.2, -0.15) is 0 Å². The van der Waals surface area contributed by atoms with Crippen molar-refractivity contribution >= 4 is 28.6 Å². The first-order chi connectivity index (χ1) is 22.1. The zero-order valence-corrected chi connectivity index (χ0v) is 26.6. The molecule has 1 saturated heterocycles. The van der Waals surface area contributed by atoms with Crippen LogP contribution in [-0.4, -0.2) is 48.2 Å². The van der Waals surface area contributed by atoms with Gasteiger partial charge in [0.05, 0.1) is 46.7 Å². The number of hydrogen-bond acceptors (Lipinski definition) is 5. The third kappa shape index (κ3) is 6.64. The molecular formula is C35H36ClF2N5O3. The number of rotatable bonds is 11. The Morgan fingerprint density at radius 3 is 2.63 bits per heavy atom. The van der Waals surface area contributed by atoms with Gasteiger partial charge >= 0.3 is 5.97 Å². The number of likely N-dealkylation sites (tertiary alicyclic amines) is 1. The number of ether oxygens (including phenoxy) is 1. The summed E-state index contributed by atoms with van der Waals surface area (Å²) in [7, 11) is 0. The van der Waals surface area contributed by atoms with E-state index >= 15 is 8.78 Å². The van der Waals surface area contributed by atoms with E-state index in [0.717, 1.165) is 23.6 Å². The summed E-state index contributed by atoms with van der Waals surface area (Å²) in [6.07, 6.45) is 4.23. The van der Waals surface area contributed by atoms with Crippen LogP contribution in [0, 0.1) is 12.8 Å². The number of aryl methyl sites for hydroxylation is 2. The fraction of sp³-hybridized carbons (Fsp3) is 0.343. The Hall–Kier alpha value is -4.28. The molecule has 11 heteroatoms. The maximum absolute atomic E-state index is 15.9. The number of fused-ring (bicyclic) bond motifs is 1. The van der Waals surface area contributed by atoms with E-state index in [0.29, 0.717) is 66.4 Å². The van der Waals surface area contributed by atoms with Crippen molar-refractivity contribution in [3.05, 3.63) is 112 Å². The monoisotopic (exact) mass is 647 g/mol. The van der Waals surface area contributed by atoms with E-state index in [-0.39, 0.29) is 17.7 Å². The van der Waals surface area contributed by atoms with Crippen LogP contribution in [0.25, 0.3) is 11.0 Å². The molecule has 0 saturated carbocycles. The number of aromatic nitrogens is 4. The predicted molar refractivity (Wildman–Crippen MR) is 173 cm³/mol. The number of hydrogen-bond donors (Lipinski definition) is 1. The molecule has 1 aliphatic rings. The number of aromatic carboxylic acids is 1. The summed E-state index contributed by atoms with van der Waals surface area (Å²) in [5, 5.41) is 10.1. The van der Waals surface area contributed by atoms with Gasteiger partial charge in [0.25, 0.3) is 5.92 Å². The van der Waals surface area contributed by atoms with Crippen LogP contribution in [0.3, 0.4) is 0 Å². The van der Waals surface area contributed by atoms with E-state index in [4.69, 9.17) is 21.3 Å². The number of carbonyl (C=O) groups is 1. The van der Waals surface area contributed by atoms with Gasteiger partial charge < -0.3 is 19.0 Å². The van der Waals surface area contributed by atoms with E-state index in [1.807, 2.05) is 29.0 Å². The molecule has 0 aliphatic carbocycles. The van der Waals surface area contributed by atoms with Crippen LogP contribution >= 0.6 is 11.6 Å². The highest BCUT2D eigenvalue weighted by Crippen LogP contribution is 2.42. The largest absolute Gasteiger partial charge is 0.487 e. The average molecular weight is 648 g/mol. The molecule has 3 aromatic carbocycles. The maximum Gasteiger partial charge on any atom is 0.335 e. The number of alkyl halides is 2. The molecule has 0 atom stereocenters. The minimum absolute atomic E-state index is 0.00869. The second kappa shape index (κ2) is 13.2. The third-order valence-corrected chi connectivity index (χ3v) is 9.09. The van der Waals surface area contributed by atoms with Crippen LogP contribution in [0.15, 0.2) is 73.2 Å². The Morgan fingerprint density at radius 1 is 1.09 bits per heavy atom. The molecule has 46 heavy (non-hydrogen) atoms. The SMILES string of the molecule is CCn1cncc1Cn1c(CN2CCC(C(F)(F)c3cccc(COc4ccc(C)cc4Cl)c3)CC2)nc2ccc(C(=O)O)cc21. The van der Waals surface area contributed by atoms with Gasteiger partial charge in [0.15, 0.2) is 0 Å². The number of carboxylic acids is 1. The first-order valence-electron chi connectivity index (χ1n) is 15.4. The second-order valence-corrected chi connectivity index (χ2v) is 12.3. The van der Waals surface area contributed by atoms with E-state index in [2.05, 4.69) is 9.88 Å². The molecule has 3 heterocycles. The minimum atomic E-state index is -3.00. The molecule has 0 radical (unpaired) electrons. The van der Waals surface area contributed by atoms with Gasteiger partial charge in [0, 0.05) is 24.2 Å². The van der Waals surface area contributed by atoms with Crippen LogP contribution in [0.2, 0.25) is 5.02 Å². The molecule has 5 aromatic rings. The third-order valence-electron chi connectivity index (χ3n) is 8.79. The van der Waals surface area contributed by atoms with E-state index in [1.165, 1.54) is 12.1 Å². The highest BCUT2D eigenvalue weighted by molar-refractivity contribution is 6.32. The van der Waals surface area contributed by atoms with E-state index in [9.17, 15) is 9.90 Å². The summed E-state index contributed by atoms with van der Waals surface area (Å²) in [4.78, 5) is 23.0. The van der Waals surface area contributed by atoms with Crippen molar-refractivity contribution < 1.29 is 23.4 Å². The molecule has 6 rings (SSSR count). The average Bonchev–Trinajstić information content (AvgIpc) is 3.64. The lowest BCUT2D eigenvalue weighted by Crippen LogP contribution is -2.39. The quantitative estimate of drug-likeness (QED) is 0.159. The van der Waals surface area contributed by atoms with E-state index in [1.54, 1.807) is 55.0 Å². The summed E-state index contributed by atoms with van der Waals surface area (Å²) >= 11 is 6.28. The van der Waals surface area contributed by atoms with Crippen LogP contribution in [0.4, 0.5) is 8.78 Å². The molecule has 1 N–H and O–H groups in total. The summed E-state index contributed by atoms with van der Waals surface area (Å²) in [5.41, 5.74) is 4.22. The van der Waals surface area contributed by atoms with E-state index < -0.39 is 17.8 Å². The molecule has 240 valence electrons. The highest BCUT2D eigenvalue weighted by atomic mass is 35.5. The smallest absolute Gasteiger partial charge is 0.335 e. The van der Waals surface area contributed by atoms with Gasteiger partial charge in [-0.15, -0.1) is 0 Å². The van der Waals surface area contributed by atoms with Crippen LogP contribution < -0.4 is 4.74 Å². The Kier molecular flexibility index (Phi) is 9.11. The fourth-order valence-electron chi connectivity index (χ4n) is 6.17. The molecule has 1 fully saturated rings. The lowest BCUT2D eigenvalue weighted by molar-refractivity contribution is -0.0863. The van der Waals surface area contributed by atoms with Crippen molar-refractivity contribution in [2.24, 2.45) is 5.92 Å². The van der Waals surface area contributed by atoms with Gasteiger partial charge in [-0.05, 0) is 87.3 Å². The Balaban J connectivity index is 1.15. The van der Waals surface area contributed by atoms with Crippen LogP contribution in [0.1, 0.15) is 58.3 Å². The van der Waals surface area contributed by atoms with Crippen molar-refractivity contribution in [2.75, 3.05) is 13.1 Å². The summed E-state index contributed by atoms with van der Waals surface area (Å²) in [5.74, 6) is -3.53. The van der Waals surface area contributed by atoms with Gasteiger partial charge in [-0.25, -0.2) is 23.5 Å². The topological polar surface area (TPSA) is 85.4 Å². The number of benzene rings is 3. The number of nitrogens with zero attached hydrogens (tertiary/aromatic N) is 5. The first-order valence-corrected chi connectivity index (χ1v) is 15.8. The van der Waals surface area contributed by atoms with Crippen LogP contribution in [0.5, 0.6) is 5.75 Å². The lowest BCUT2D eigenvalue weighted by atomic mass is 9.86. The second-order valence-electron chi connectivity index (χ2n) is 11.9. The molecule has 0 bridgehead atoms. The molecular weight excluding hydrogens is 612 g/mol.